The Labute approximate surface area is 140 Å². The van der Waals surface area contributed by atoms with Gasteiger partial charge in [-0.1, -0.05) is 12.1 Å². The first-order valence-corrected chi connectivity index (χ1v) is 9.52. The van der Waals surface area contributed by atoms with Crippen LogP contribution in [0.25, 0.3) is 10.7 Å². The van der Waals surface area contributed by atoms with Gasteiger partial charge in [0, 0.05) is 18.0 Å². The maximum atomic E-state index is 12.5. The number of alkyl halides is 3. The number of halogens is 3. The Balaban J connectivity index is 1.77. The molecule has 0 atom stereocenters. The fourth-order valence-corrected chi connectivity index (χ4v) is 5.02. The lowest BCUT2D eigenvalue weighted by Gasteiger charge is -2.19. The lowest BCUT2D eigenvalue weighted by molar-refractivity contribution is -0.159. The number of hydrogen-bond acceptors (Lipinski definition) is 6. The highest BCUT2D eigenvalue weighted by Gasteiger charge is 2.40. The maximum absolute atomic E-state index is 12.5. The van der Waals surface area contributed by atoms with Crippen LogP contribution in [-0.4, -0.2) is 34.7 Å². The van der Waals surface area contributed by atoms with Gasteiger partial charge in [0.15, 0.2) is 0 Å². The Hall–Kier alpha value is -1.46. The highest BCUT2D eigenvalue weighted by atomic mass is 32.2. The molecule has 0 bridgehead atoms. The van der Waals surface area contributed by atoms with Gasteiger partial charge in [-0.2, -0.15) is 22.5 Å². The quantitative estimate of drug-likeness (QED) is 0.768. The molecule has 1 saturated carbocycles. The van der Waals surface area contributed by atoms with Crippen LogP contribution in [0.5, 0.6) is 0 Å². The second kappa shape index (κ2) is 6.12. The number of nitrogens with zero attached hydrogens (tertiary/aromatic N) is 3. The number of hydrogen-bond donors (Lipinski definition) is 0. The molecular formula is C13H14F3N3O3S2. The summed E-state index contributed by atoms with van der Waals surface area (Å²) in [5.74, 6) is -1.56. The largest absolute Gasteiger partial charge is 0.471 e. The molecule has 0 spiro atoms. The van der Waals surface area contributed by atoms with Gasteiger partial charge in [0.05, 0.1) is 10.1 Å². The van der Waals surface area contributed by atoms with Gasteiger partial charge in [0.25, 0.3) is 0 Å². The highest BCUT2D eigenvalue weighted by molar-refractivity contribution is 7.90. The van der Waals surface area contributed by atoms with E-state index in [0.29, 0.717) is 29.1 Å². The van der Waals surface area contributed by atoms with Gasteiger partial charge in [0.2, 0.25) is 15.8 Å². The minimum atomic E-state index is -4.69. The molecule has 2 aromatic heterocycles. The summed E-state index contributed by atoms with van der Waals surface area (Å²) in [6, 6.07) is 3.22. The molecule has 1 aliphatic carbocycles. The van der Waals surface area contributed by atoms with Crippen molar-refractivity contribution < 1.29 is 26.1 Å². The average Bonchev–Trinajstić information content (AvgIpc) is 3.07. The molecule has 1 fully saturated rings. The van der Waals surface area contributed by atoms with Crippen LogP contribution < -0.4 is 0 Å². The summed E-state index contributed by atoms with van der Waals surface area (Å²) in [7, 11) is -3.31. The van der Waals surface area contributed by atoms with Crippen LogP contribution in [0.1, 0.15) is 30.5 Å². The van der Waals surface area contributed by atoms with Crippen molar-refractivity contribution in [2.75, 3.05) is 6.54 Å². The third-order valence-corrected chi connectivity index (χ3v) is 7.03. The van der Waals surface area contributed by atoms with Crippen LogP contribution in [-0.2, 0) is 22.7 Å². The van der Waals surface area contributed by atoms with Crippen LogP contribution in [0.15, 0.2) is 16.7 Å². The van der Waals surface area contributed by atoms with Crippen molar-refractivity contribution in [3.05, 3.63) is 22.9 Å². The van der Waals surface area contributed by atoms with Crippen LogP contribution in [0.2, 0.25) is 0 Å². The molecule has 0 unspecified atom stereocenters. The van der Waals surface area contributed by atoms with Gasteiger partial charge >= 0.3 is 12.1 Å². The second-order valence-electron chi connectivity index (χ2n) is 5.36. The molecule has 0 radical (unpaired) electrons. The van der Waals surface area contributed by atoms with Gasteiger partial charge in [-0.3, -0.25) is 0 Å². The number of aromatic nitrogens is 2. The van der Waals surface area contributed by atoms with E-state index < -0.39 is 22.1 Å². The zero-order valence-corrected chi connectivity index (χ0v) is 14.2. The molecule has 0 N–H and O–H groups in total. The topological polar surface area (TPSA) is 76.3 Å². The monoisotopic (exact) mass is 381 g/mol. The third-order valence-electron chi connectivity index (χ3n) is 3.54. The standard InChI is InChI=1S/C13H14F3N3O3S2/c1-2-19(24(20,21)9-4-5-9)7-8-3-6-10(23-8)11-17-12(22-18-11)13(14,15)16/h3,6,9H,2,4-5,7H2,1H3. The zero-order chi connectivity index (χ0) is 17.5. The lowest BCUT2D eigenvalue weighted by atomic mass is 10.4. The van der Waals surface area contributed by atoms with Gasteiger partial charge in [0.1, 0.15) is 0 Å². The number of thiophene rings is 1. The summed E-state index contributed by atoms with van der Waals surface area (Å²) in [4.78, 5) is 4.42. The van der Waals surface area contributed by atoms with E-state index in [0.717, 1.165) is 11.3 Å². The van der Waals surface area contributed by atoms with E-state index in [4.69, 9.17) is 0 Å². The molecule has 2 aromatic rings. The van der Waals surface area contributed by atoms with Gasteiger partial charge in [-0.05, 0) is 25.0 Å². The molecule has 0 amide bonds. The first kappa shape index (κ1) is 17.4. The van der Waals surface area contributed by atoms with Crippen LogP contribution in [0.3, 0.4) is 0 Å². The molecule has 0 aliphatic heterocycles. The third kappa shape index (κ3) is 3.47. The minimum Gasteiger partial charge on any atom is -0.329 e. The van der Waals surface area contributed by atoms with Gasteiger partial charge in [-0.15, -0.1) is 11.3 Å². The van der Waals surface area contributed by atoms with Crippen molar-refractivity contribution in [2.24, 2.45) is 0 Å². The Morgan fingerprint density at radius 3 is 2.62 bits per heavy atom. The van der Waals surface area contributed by atoms with Crippen molar-refractivity contribution in [1.82, 2.24) is 14.4 Å². The Bertz CT molecular complexity index is 825. The summed E-state index contributed by atoms with van der Waals surface area (Å²) < 4.78 is 67.6. The van der Waals surface area contributed by atoms with Crippen LogP contribution >= 0.6 is 11.3 Å². The van der Waals surface area contributed by atoms with Gasteiger partial charge < -0.3 is 4.52 Å². The predicted molar refractivity (Wildman–Crippen MR) is 80.6 cm³/mol. The average molecular weight is 381 g/mol. The van der Waals surface area contributed by atoms with Crippen molar-refractivity contribution >= 4 is 21.4 Å². The second-order valence-corrected chi connectivity index (χ2v) is 8.74. The van der Waals surface area contributed by atoms with Crippen molar-refractivity contribution in [3.63, 3.8) is 0 Å². The molecule has 0 aromatic carbocycles. The number of rotatable bonds is 6. The predicted octanol–water partition coefficient (Wildman–Crippen LogP) is 3.13. The Kier molecular flexibility index (Phi) is 4.43. The normalized spacial score (nSPS) is 16.0. The summed E-state index contributed by atoms with van der Waals surface area (Å²) in [6.07, 6.45) is -3.34. The van der Waals surface area contributed by atoms with E-state index in [9.17, 15) is 21.6 Å². The SMILES string of the molecule is CCN(Cc1ccc(-c2noc(C(F)(F)F)n2)s1)S(=O)(=O)C1CC1. The molecule has 0 saturated heterocycles. The minimum absolute atomic E-state index is 0.160. The zero-order valence-electron chi connectivity index (χ0n) is 12.6. The van der Waals surface area contributed by atoms with E-state index in [1.807, 2.05) is 0 Å². The highest BCUT2D eigenvalue weighted by Crippen LogP contribution is 2.34. The summed E-state index contributed by atoms with van der Waals surface area (Å²) in [5.41, 5.74) is 0. The molecule has 132 valence electrons. The maximum Gasteiger partial charge on any atom is 0.471 e. The first-order chi connectivity index (χ1) is 11.2. The van der Waals surface area contributed by atoms with Gasteiger partial charge in [-0.25, -0.2) is 8.42 Å². The molecule has 3 rings (SSSR count). The number of sulfonamides is 1. The first-order valence-electron chi connectivity index (χ1n) is 7.20. The Morgan fingerprint density at radius 1 is 1.38 bits per heavy atom. The summed E-state index contributed by atoms with van der Waals surface area (Å²) in [6.45, 7) is 2.28. The van der Waals surface area contributed by atoms with E-state index in [1.54, 1.807) is 19.1 Å². The molecule has 11 heteroatoms. The van der Waals surface area contributed by atoms with E-state index in [-0.39, 0.29) is 17.6 Å². The molecule has 1 aliphatic rings. The smallest absolute Gasteiger partial charge is 0.329 e. The van der Waals surface area contributed by atoms with Crippen molar-refractivity contribution in [3.8, 4) is 10.7 Å². The molecule has 6 nitrogen and oxygen atoms in total. The fraction of sp³-hybridized carbons (Fsp3) is 0.538. The fourth-order valence-electron chi connectivity index (χ4n) is 2.15. The van der Waals surface area contributed by atoms with E-state index in [1.165, 1.54) is 4.31 Å². The lowest BCUT2D eigenvalue weighted by Crippen LogP contribution is -2.32. The van der Waals surface area contributed by atoms with Crippen LogP contribution in [0, 0.1) is 0 Å². The molecule has 24 heavy (non-hydrogen) atoms. The van der Waals surface area contributed by atoms with E-state index >= 15 is 0 Å². The van der Waals surface area contributed by atoms with Crippen LogP contribution in [0.4, 0.5) is 13.2 Å². The van der Waals surface area contributed by atoms with Crippen molar-refractivity contribution in [2.45, 2.75) is 37.7 Å². The van der Waals surface area contributed by atoms with Crippen molar-refractivity contribution in [1.29, 1.82) is 0 Å². The van der Waals surface area contributed by atoms with E-state index in [2.05, 4.69) is 14.7 Å². The Morgan fingerprint density at radius 2 is 2.08 bits per heavy atom. The summed E-state index contributed by atoms with van der Waals surface area (Å²) >= 11 is 1.14. The molecule has 2 heterocycles. The molecular weight excluding hydrogens is 367 g/mol. The summed E-state index contributed by atoms with van der Waals surface area (Å²) in [5, 5.41) is 3.02.